The normalized spacial score (nSPS) is 14.0. The molecule has 0 bridgehead atoms. The van der Waals surface area contributed by atoms with Crippen molar-refractivity contribution in [2.24, 2.45) is 7.05 Å². The van der Waals surface area contributed by atoms with E-state index in [1.807, 2.05) is 190 Å². The summed E-state index contributed by atoms with van der Waals surface area (Å²) in [5, 5.41) is 22.8. The van der Waals surface area contributed by atoms with Gasteiger partial charge in [-0.3, -0.25) is 19.2 Å². The Balaban J connectivity index is 0.000000126. The third-order valence-electron chi connectivity index (χ3n) is 23.5. The Bertz CT molecular complexity index is 6600. The molecule has 10 heterocycles. The lowest BCUT2D eigenvalue weighted by atomic mass is 10.0. The molecular weight excluding hydrogens is 1790 g/mol. The number of amides is 4. The fourth-order valence-electron chi connectivity index (χ4n) is 16.3. The van der Waals surface area contributed by atoms with Crippen LogP contribution in [0.4, 0.5) is 17.1 Å². The van der Waals surface area contributed by atoms with Crippen molar-refractivity contribution >= 4 is 133 Å². The van der Waals surface area contributed by atoms with Gasteiger partial charge in [-0.05, 0) is 215 Å². The van der Waals surface area contributed by atoms with Crippen molar-refractivity contribution in [3.05, 3.63) is 346 Å². The molecule has 0 unspecified atom stereocenters. The van der Waals surface area contributed by atoms with Gasteiger partial charge in [0.15, 0.2) is 5.76 Å². The molecule has 0 atom stereocenters. The molecule has 129 heavy (non-hydrogen) atoms. The van der Waals surface area contributed by atoms with Crippen LogP contribution in [0.15, 0.2) is 259 Å². The molecule has 0 spiro atoms. The average Bonchev–Trinajstić information content (AvgIpc) is 1.66. The number of carbonyl (C=O) groups excluding carboxylic acids is 4. The Kier molecular flexibility index (Phi) is 28.2. The number of hydrogen-bond acceptors (Lipinski definition) is 12. The van der Waals surface area contributed by atoms with Crippen LogP contribution in [0.2, 0.25) is 40.2 Å². The van der Waals surface area contributed by atoms with E-state index in [0.717, 1.165) is 97.5 Å². The van der Waals surface area contributed by atoms with Gasteiger partial charge in [-0.2, -0.15) is 20.4 Å². The molecule has 4 saturated heterocycles. The number of nitrogens with zero attached hydrogens (tertiary/aromatic N) is 16. The zero-order chi connectivity index (χ0) is 90.3. The lowest BCUT2D eigenvalue weighted by Gasteiger charge is -2.36. The van der Waals surface area contributed by atoms with E-state index in [2.05, 4.69) is 102 Å². The monoisotopic (exact) mass is 1880 g/mol. The lowest BCUT2D eigenvalue weighted by Crippen LogP contribution is -2.49. The Morgan fingerprint density at radius 3 is 1.17 bits per heavy atom. The van der Waals surface area contributed by atoms with Crippen LogP contribution >= 0.6 is 92.8 Å². The van der Waals surface area contributed by atoms with Crippen molar-refractivity contribution in [3.63, 3.8) is 0 Å². The summed E-state index contributed by atoms with van der Waals surface area (Å²) in [4.78, 5) is 68.6. The van der Waals surface area contributed by atoms with Crippen LogP contribution in [0.3, 0.4) is 0 Å². The summed E-state index contributed by atoms with van der Waals surface area (Å²) in [7, 11) is 1.97. The van der Waals surface area contributed by atoms with Crippen molar-refractivity contribution in [2.75, 3.05) is 106 Å². The number of piperazine rings is 3. The molecule has 0 saturated carbocycles. The molecule has 6 aromatic heterocycles. The Morgan fingerprint density at radius 2 is 0.721 bits per heavy atom. The van der Waals surface area contributed by atoms with Crippen molar-refractivity contribution in [3.8, 4) is 68.1 Å². The summed E-state index contributed by atoms with van der Waals surface area (Å²) in [6.07, 6.45) is 4.05. The number of hydrogen-bond donors (Lipinski definition) is 0. The highest BCUT2D eigenvalue weighted by atomic mass is 35.5. The highest BCUT2D eigenvalue weighted by molar-refractivity contribution is 6.43. The van der Waals surface area contributed by atoms with Crippen molar-refractivity contribution in [2.45, 2.75) is 47.5 Å². The summed E-state index contributed by atoms with van der Waals surface area (Å²) < 4.78 is 14.4. The van der Waals surface area contributed by atoms with E-state index >= 15 is 0 Å². The van der Waals surface area contributed by atoms with Gasteiger partial charge in [0.05, 0.1) is 75.0 Å². The number of likely N-dealkylation sites (tertiary alicyclic amines) is 1. The van der Waals surface area contributed by atoms with Gasteiger partial charge in [0.1, 0.15) is 39.9 Å². The van der Waals surface area contributed by atoms with Gasteiger partial charge in [-0.25, -0.2) is 18.7 Å². The fourth-order valence-corrected chi connectivity index (χ4v) is 17.5. The van der Waals surface area contributed by atoms with Crippen LogP contribution in [0.25, 0.3) is 68.1 Å². The standard InChI is InChI=1S/C27H24Cl2N4O.C26H26ClN5O.C25H21Cl3N4O2.C22H21Cl2N3O/c1-19-7-5-6-10-25(19)31-13-15-32(16-14-31)27(34)26-18-24(20-8-3-2-4-9-20)30-33(26)21-11-12-22(28)23(29)17-21;1-19-8-3-5-10-22(19)30-14-16-31(17-15-30)26(33)25-18-21(24-12-7-13-29(24)2)28-32(25)23-11-6-4-9-20(23)27;1-16-5-8-24(34-16)22-15-23(32(29-22)19-6-7-20(27)21(28)14-19)25(33)31-11-9-30(10-12-31)18-4-2-3-17(26)13-18;1-14-5-6-16(11-15(14)2)20-13-21(22(28)26-9-3-4-10-26)27(25-20)17-7-8-18(23)19(24)12-17/h2-12,17-18H,13-16H2,1H3;3-13,18H,14-17H2,1-2H3;2-8,13-15H,9-12H2,1H3;5-8,11-13H,3-4,9-10H2,1-2H3. The second-order valence-corrected chi connectivity index (χ2v) is 35.3. The number of aromatic nitrogens is 9. The molecule has 0 N–H and O–H groups in total. The topological polar surface area (TPSA) is 180 Å². The van der Waals surface area contributed by atoms with Crippen molar-refractivity contribution in [1.29, 1.82) is 0 Å². The van der Waals surface area contributed by atoms with E-state index in [0.29, 0.717) is 150 Å². The summed E-state index contributed by atoms with van der Waals surface area (Å²) >= 11 is 49.7. The van der Waals surface area contributed by atoms with Gasteiger partial charge < -0.3 is 43.3 Å². The largest absolute Gasteiger partial charge is 0.460 e. The maximum atomic E-state index is 13.7. The summed E-state index contributed by atoms with van der Waals surface area (Å²) in [6, 6.07) is 78.8. The van der Waals surface area contributed by atoms with Crippen LogP contribution in [0, 0.1) is 34.6 Å². The number of rotatable bonds is 15. The first-order valence-corrected chi connectivity index (χ1v) is 45.5. The van der Waals surface area contributed by atoms with Crippen LogP contribution in [0.5, 0.6) is 0 Å². The molecule has 15 aromatic rings. The second kappa shape index (κ2) is 40.3. The minimum absolute atomic E-state index is 0.00819. The Labute approximate surface area is 789 Å². The van der Waals surface area contributed by atoms with Crippen LogP contribution in [-0.4, -0.2) is 179 Å². The summed E-state index contributed by atoms with van der Waals surface area (Å²) in [6.45, 7) is 20.1. The van der Waals surface area contributed by atoms with Gasteiger partial charge in [-0.15, -0.1) is 0 Å². The van der Waals surface area contributed by atoms with E-state index in [-0.39, 0.29) is 23.6 Å². The molecule has 4 aliphatic heterocycles. The first kappa shape index (κ1) is 90.3. The second-order valence-electron chi connectivity index (χ2n) is 32.0. The molecule has 19 rings (SSSR count). The Morgan fingerprint density at radius 1 is 0.295 bits per heavy atom. The maximum absolute atomic E-state index is 13.7. The lowest BCUT2D eigenvalue weighted by molar-refractivity contribution is 0.0730. The molecular formula is C100H92Cl8N16O5. The maximum Gasteiger partial charge on any atom is 0.272 e. The Hall–Kier alpha value is -12.0. The SMILES string of the molecule is Cc1ccc(-c2cc(C(=O)N3CCCC3)n(-c3ccc(Cl)c(Cl)c3)n2)cc1C.Cc1ccc(-c2cc(C(=O)N3CCN(c4cccc(Cl)c4)CC3)n(-c3ccc(Cl)c(Cl)c3)n2)o1.Cc1ccccc1N1CCN(C(=O)c2cc(-c3ccccc3)nn2-c2ccc(Cl)c(Cl)c2)CC1.Cc1ccccc1N1CCN(C(=O)c2cc(-c3cccn3C)nn2-c2ccccc2Cl)CC1. The highest BCUT2D eigenvalue weighted by Gasteiger charge is 2.33. The molecule has 658 valence electrons. The number of aryl methyl sites for hydroxylation is 6. The van der Waals surface area contributed by atoms with Crippen LogP contribution in [0.1, 0.15) is 82.8 Å². The molecule has 4 aliphatic rings. The third kappa shape index (κ3) is 20.5. The number of furan rings is 1. The van der Waals surface area contributed by atoms with Gasteiger partial charge in [0.2, 0.25) is 0 Å². The minimum Gasteiger partial charge on any atom is -0.460 e. The van der Waals surface area contributed by atoms with Crippen molar-refractivity contribution in [1.82, 2.24) is 63.3 Å². The molecule has 4 amide bonds. The minimum atomic E-state index is -0.112. The average molecular weight is 1880 g/mol. The zero-order valence-electron chi connectivity index (χ0n) is 71.8. The number of anilines is 3. The van der Waals surface area contributed by atoms with Gasteiger partial charge in [0, 0.05) is 144 Å². The molecule has 9 aromatic carbocycles. The first-order valence-electron chi connectivity index (χ1n) is 42.5. The first-order chi connectivity index (χ1) is 62.4. The van der Waals surface area contributed by atoms with E-state index in [4.69, 9.17) is 113 Å². The number of para-hydroxylation sites is 3. The molecule has 29 heteroatoms. The van der Waals surface area contributed by atoms with Gasteiger partial charge >= 0.3 is 0 Å². The van der Waals surface area contributed by atoms with E-state index < -0.39 is 0 Å². The quantitative estimate of drug-likeness (QED) is 0.0949. The summed E-state index contributed by atoms with van der Waals surface area (Å²) in [5.41, 5.74) is 18.8. The fraction of sp³-hybridized carbons (Fsp3) is 0.220. The smallest absolute Gasteiger partial charge is 0.272 e. The number of carbonyl (C=O) groups is 4. The van der Waals surface area contributed by atoms with E-state index in [1.54, 1.807) is 67.3 Å². The predicted octanol–water partition coefficient (Wildman–Crippen LogP) is 23.0. The molecule has 21 nitrogen and oxygen atoms in total. The molecule has 0 radical (unpaired) electrons. The van der Waals surface area contributed by atoms with E-state index in [1.165, 1.54) is 33.6 Å². The number of benzene rings is 9. The zero-order valence-corrected chi connectivity index (χ0v) is 77.8. The van der Waals surface area contributed by atoms with Crippen LogP contribution < -0.4 is 14.7 Å². The van der Waals surface area contributed by atoms with Crippen LogP contribution in [-0.2, 0) is 7.05 Å². The van der Waals surface area contributed by atoms with Gasteiger partial charge in [0.25, 0.3) is 23.6 Å². The molecule has 0 aliphatic carbocycles. The van der Waals surface area contributed by atoms with E-state index in [9.17, 15) is 19.2 Å². The van der Waals surface area contributed by atoms with Crippen molar-refractivity contribution < 1.29 is 23.6 Å². The predicted molar refractivity (Wildman–Crippen MR) is 520 cm³/mol. The highest BCUT2D eigenvalue weighted by Crippen LogP contribution is 2.36. The third-order valence-corrected chi connectivity index (χ3v) is 26.3. The number of halogens is 8. The summed E-state index contributed by atoms with van der Waals surface area (Å²) in [5.74, 6) is 1.16. The van der Waals surface area contributed by atoms with Gasteiger partial charge in [-0.1, -0.05) is 190 Å². The molecule has 4 fully saturated rings.